The summed E-state index contributed by atoms with van der Waals surface area (Å²) in [5, 5.41) is 13.3. The molecular weight excluding hydrogens is 368 g/mol. The van der Waals surface area contributed by atoms with Gasteiger partial charge in [0.2, 0.25) is 5.91 Å². The Kier molecular flexibility index (Phi) is 5.63. The third-order valence-electron chi connectivity index (χ3n) is 4.53. The average molecular weight is 392 g/mol. The van der Waals surface area contributed by atoms with Crippen molar-refractivity contribution in [3.8, 4) is 0 Å². The van der Waals surface area contributed by atoms with Crippen LogP contribution in [0.4, 0.5) is 17.2 Å². The van der Waals surface area contributed by atoms with E-state index < -0.39 is 5.91 Å². The summed E-state index contributed by atoms with van der Waals surface area (Å²) in [6.07, 6.45) is 0. The molecule has 3 aromatic rings. The van der Waals surface area contributed by atoms with Gasteiger partial charge < -0.3 is 16.4 Å². The number of nitrogens with one attached hydrogen (secondary N) is 2. The number of aromatic nitrogens is 3. The van der Waals surface area contributed by atoms with Gasteiger partial charge in [0, 0.05) is 11.4 Å². The smallest absolute Gasteiger partial charge is 0.280 e. The molecule has 0 radical (unpaired) electrons. The summed E-state index contributed by atoms with van der Waals surface area (Å²) >= 11 is 0. The van der Waals surface area contributed by atoms with Crippen LogP contribution < -0.4 is 16.4 Å². The summed E-state index contributed by atoms with van der Waals surface area (Å²) < 4.78 is 1.21. The largest absolute Gasteiger partial charge is 0.382 e. The summed E-state index contributed by atoms with van der Waals surface area (Å²) in [4.78, 5) is 24.9. The molecule has 0 fully saturated rings. The van der Waals surface area contributed by atoms with Gasteiger partial charge >= 0.3 is 0 Å². The lowest BCUT2D eigenvalue weighted by molar-refractivity contribution is -0.116. The Morgan fingerprint density at radius 1 is 0.966 bits per heavy atom. The SMILES string of the molecule is Cc1ccc(NC(=O)c2nnn(CC(=O)Nc3c(C)cc(C)cc3C)c2N)cc1. The topological polar surface area (TPSA) is 115 Å². The number of carbonyl (C=O) groups is 2. The maximum Gasteiger partial charge on any atom is 0.280 e. The molecule has 0 unspecified atom stereocenters. The molecule has 4 N–H and O–H groups in total. The van der Waals surface area contributed by atoms with Crippen molar-refractivity contribution in [2.45, 2.75) is 34.2 Å². The van der Waals surface area contributed by atoms with Gasteiger partial charge in [-0.15, -0.1) is 5.10 Å². The quantitative estimate of drug-likeness (QED) is 0.617. The van der Waals surface area contributed by atoms with E-state index in [4.69, 9.17) is 5.73 Å². The van der Waals surface area contributed by atoms with E-state index >= 15 is 0 Å². The number of anilines is 3. The van der Waals surface area contributed by atoms with Crippen molar-refractivity contribution in [2.75, 3.05) is 16.4 Å². The molecule has 0 aliphatic carbocycles. The van der Waals surface area contributed by atoms with E-state index in [-0.39, 0.29) is 24.0 Å². The van der Waals surface area contributed by atoms with E-state index in [2.05, 4.69) is 20.9 Å². The molecular formula is C21H24N6O2. The average Bonchev–Trinajstić information content (AvgIpc) is 3.00. The first-order chi connectivity index (χ1) is 13.7. The van der Waals surface area contributed by atoms with Gasteiger partial charge in [-0.1, -0.05) is 40.6 Å². The maximum absolute atomic E-state index is 12.5. The fraction of sp³-hybridized carbons (Fsp3) is 0.238. The van der Waals surface area contributed by atoms with E-state index in [1.165, 1.54) is 4.68 Å². The molecule has 8 nitrogen and oxygen atoms in total. The molecule has 0 spiro atoms. The Hall–Kier alpha value is -3.68. The predicted octanol–water partition coefficient (Wildman–Crippen LogP) is 2.98. The molecule has 0 bridgehead atoms. The zero-order chi connectivity index (χ0) is 21.1. The number of aryl methyl sites for hydroxylation is 4. The molecule has 0 saturated heterocycles. The van der Waals surface area contributed by atoms with Crippen LogP contribution in [-0.4, -0.2) is 26.8 Å². The Morgan fingerprint density at radius 2 is 1.59 bits per heavy atom. The Labute approximate surface area is 169 Å². The van der Waals surface area contributed by atoms with Crippen molar-refractivity contribution >= 4 is 29.0 Å². The van der Waals surface area contributed by atoms with Crippen molar-refractivity contribution in [1.82, 2.24) is 15.0 Å². The molecule has 0 saturated carbocycles. The summed E-state index contributed by atoms with van der Waals surface area (Å²) in [6, 6.07) is 11.3. The van der Waals surface area contributed by atoms with Crippen molar-refractivity contribution < 1.29 is 9.59 Å². The van der Waals surface area contributed by atoms with Crippen LogP contribution in [0.5, 0.6) is 0 Å². The van der Waals surface area contributed by atoms with Crippen molar-refractivity contribution in [3.05, 3.63) is 64.3 Å². The number of rotatable bonds is 5. The second-order valence-electron chi connectivity index (χ2n) is 7.12. The van der Waals surface area contributed by atoms with Crippen LogP contribution in [0, 0.1) is 27.7 Å². The molecule has 0 aliphatic heterocycles. The van der Waals surface area contributed by atoms with Crippen LogP contribution in [0.2, 0.25) is 0 Å². The lowest BCUT2D eigenvalue weighted by Gasteiger charge is -2.13. The maximum atomic E-state index is 12.5. The lowest BCUT2D eigenvalue weighted by atomic mass is 10.1. The molecule has 150 valence electrons. The molecule has 8 heteroatoms. The van der Waals surface area contributed by atoms with E-state index in [1.54, 1.807) is 12.1 Å². The van der Waals surface area contributed by atoms with Gasteiger partial charge in [0.05, 0.1) is 0 Å². The summed E-state index contributed by atoms with van der Waals surface area (Å²) in [7, 11) is 0. The molecule has 3 rings (SSSR count). The van der Waals surface area contributed by atoms with Gasteiger partial charge in [-0.3, -0.25) is 9.59 Å². The Bertz CT molecular complexity index is 1050. The van der Waals surface area contributed by atoms with E-state index in [1.807, 2.05) is 52.0 Å². The van der Waals surface area contributed by atoms with Crippen LogP contribution in [0.3, 0.4) is 0 Å². The number of benzene rings is 2. The number of hydrogen-bond donors (Lipinski definition) is 3. The molecule has 29 heavy (non-hydrogen) atoms. The first-order valence-electron chi connectivity index (χ1n) is 9.19. The Balaban J connectivity index is 1.70. The predicted molar refractivity (Wildman–Crippen MR) is 113 cm³/mol. The minimum Gasteiger partial charge on any atom is -0.382 e. The summed E-state index contributed by atoms with van der Waals surface area (Å²) in [6.45, 7) is 7.69. The van der Waals surface area contributed by atoms with Crippen LogP contribution in [-0.2, 0) is 11.3 Å². The number of hydrogen-bond acceptors (Lipinski definition) is 5. The molecule has 0 atom stereocenters. The molecule has 2 amide bonds. The highest BCUT2D eigenvalue weighted by Gasteiger charge is 2.19. The van der Waals surface area contributed by atoms with E-state index in [0.717, 1.165) is 27.9 Å². The minimum atomic E-state index is -0.483. The van der Waals surface area contributed by atoms with Gasteiger partial charge in [0.25, 0.3) is 5.91 Å². The minimum absolute atomic E-state index is 0.0268. The number of nitrogens with two attached hydrogens (primary N) is 1. The second-order valence-corrected chi connectivity index (χ2v) is 7.12. The van der Waals surface area contributed by atoms with Crippen molar-refractivity contribution in [2.24, 2.45) is 0 Å². The summed E-state index contributed by atoms with van der Waals surface area (Å²) in [5.41, 5.74) is 11.5. The normalized spacial score (nSPS) is 10.6. The zero-order valence-corrected chi connectivity index (χ0v) is 16.9. The third kappa shape index (κ3) is 4.60. The third-order valence-corrected chi connectivity index (χ3v) is 4.53. The first-order valence-corrected chi connectivity index (χ1v) is 9.19. The van der Waals surface area contributed by atoms with Gasteiger partial charge in [-0.05, 0) is 51.0 Å². The molecule has 2 aromatic carbocycles. The molecule has 1 heterocycles. The molecule has 1 aromatic heterocycles. The number of carbonyl (C=O) groups excluding carboxylic acids is 2. The fourth-order valence-corrected chi connectivity index (χ4v) is 3.12. The van der Waals surface area contributed by atoms with Crippen LogP contribution in [0.25, 0.3) is 0 Å². The molecule has 0 aliphatic rings. The number of nitrogen functional groups attached to an aromatic ring is 1. The fourth-order valence-electron chi connectivity index (χ4n) is 3.12. The standard InChI is InChI=1S/C21H24N6O2/c1-12-5-7-16(8-6-12)23-21(29)19-20(22)27(26-25-19)11-17(28)24-18-14(3)9-13(2)10-15(18)4/h5-10H,11,22H2,1-4H3,(H,23,29)(H,24,28). The zero-order valence-electron chi connectivity index (χ0n) is 16.9. The van der Waals surface area contributed by atoms with E-state index in [0.29, 0.717) is 5.69 Å². The monoisotopic (exact) mass is 392 g/mol. The van der Waals surface area contributed by atoms with Gasteiger partial charge in [0.15, 0.2) is 11.5 Å². The summed E-state index contributed by atoms with van der Waals surface area (Å²) in [5.74, 6) is -0.757. The number of amides is 2. The first kappa shape index (κ1) is 20.1. The van der Waals surface area contributed by atoms with Gasteiger partial charge in [-0.25, -0.2) is 4.68 Å². The highest BCUT2D eigenvalue weighted by molar-refractivity contribution is 6.05. The second kappa shape index (κ2) is 8.14. The number of nitrogens with zero attached hydrogens (tertiary/aromatic N) is 3. The van der Waals surface area contributed by atoms with Gasteiger partial charge in [-0.2, -0.15) is 0 Å². The van der Waals surface area contributed by atoms with Crippen LogP contribution >= 0.6 is 0 Å². The van der Waals surface area contributed by atoms with Crippen LogP contribution in [0.15, 0.2) is 36.4 Å². The highest BCUT2D eigenvalue weighted by Crippen LogP contribution is 2.22. The highest BCUT2D eigenvalue weighted by atomic mass is 16.2. The van der Waals surface area contributed by atoms with Gasteiger partial charge in [0.1, 0.15) is 6.54 Å². The Morgan fingerprint density at radius 3 is 2.21 bits per heavy atom. The van der Waals surface area contributed by atoms with Crippen molar-refractivity contribution in [1.29, 1.82) is 0 Å². The lowest BCUT2D eigenvalue weighted by Crippen LogP contribution is -2.22. The van der Waals surface area contributed by atoms with Crippen molar-refractivity contribution in [3.63, 3.8) is 0 Å². The van der Waals surface area contributed by atoms with E-state index in [9.17, 15) is 9.59 Å². The van der Waals surface area contributed by atoms with Crippen LogP contribution in [0.1, 0.15) is 32.7 Å².